The molecule has 122 valence electrons. The summed E-state index contributed by atoms with van der Waals surface area (Å²) in [6, 6.07) is 7.76. The van der Waals surface area contributed by atoms with Crippen molar-refractivity contribution in [2.45, 2.75) is 12.8 Å². The molecule has 1 N–H and O–H groups in total. The zero-order valence-corrected chi connectivity index (χ0v) is 13.6. The van der Waals surface area contributed by atoms with E-state index in [1.807, 2.05) is 29.2 Å². The van der Waals surface area contributed by atoms with Gasteiger partial charge >= 0.3 is 0 Å². The number of carbonyl (C=O) groups is 1. The Labute approximate surface area is 135 Å². The molecular weight excluding hydrogens is 292 g/mol. The number of nitrogens with zero attached hydrogens (tertiary/aromatic N) is 5. The van der Waals surface area contributed by atoms with Crippen molar-refractivity contribution < 1.29 is 4.79 Å². The summed E-state index contributed by atoms with van der Waals surface area (Å²) in [7, 11) is 4.15. The molecule has 1 unspecified atom stereocenters. The van der Waals surface area contributed by atoms with Gasteiger partial charge in [0.05, 0.1) is 6.42 Å². The normalized spacial score (nSPS) is 17.9. The molecule has 1 fully saturated rings. The summed E-state index contributed by atoms with van der Waals surface area (Å²) in [5, 5.41) is 14.0. The number of hydrogen-bond donors (Lipinski definition) is 1. The largest absolute Gasteiger partial charge is 0.342 e. The van der Waals surface area contributed by atoms with Gasteiger partial charge in [-0.15, -0.1) is 10.2 Å². The van der Waals surface area contributed by atoms with E-state index in [0.717, 1.165) is 37.2 Å². The second kappa shape index (κ2) is 6.87. The van der Waals surface area contributed by atoms with Crippen molar-refractivity contribution in [2.75, 3.05) is 33.7 Å². The van der Waals surface area contributed by atoms with Crippen molar-refractivity contribution in [1.29, 1.82) is 0 Å². The van der Waals surface area contributed by atoms with E-state index < -0.39 is 0 Å². The van der Waals surface area contributed by atoms with Crippen LogP contribution in [-0.2, 0) is 11.2 Å². The Kier molecular flexibility index (Phi) is 4.66. The Bertz CT molecular complexity index is 654. The Morgan fingerprint density at radius 3 is 3.04 bits per heavy atom. The first-order valence-corrected chi connectivity index (χ1v) is 7.87. The molecule has 0 spiro atoms. The molecule has 1 aliphatic rings. The summed E-state index contributed by atoms with van der Waals surface area (Å²) < 4.78 is 0. The van der Waals surface area contributed by atoms with Gasteiger partial charge in [0.2, 0.25) is 11.7 Å². The Hall–Kier alpha value is -2.28. The molecule has 2 aromatic rings. The molecule has 0 bridgehead atoms. The molecule has 1 aromatic heterocycles. The SMILES string of the molecule is CN(C)CC1CCN(C(=O)Cc2cccc(-c3nn[nH]n3)c2)C1. The smallest absolute Gasteiger partial charge is 0.226 e. The van der Waals surface area contributed by atoms with Crippen LogP contribution in [0, 0.1) is 5.92 Å². The number of benzene rings is 1. The molecule has 0 aliphatic carbocycles. The van der Waals surface area contributed by atoms with E-state index in [-0.39, 0.29) is 5.91 Å². The maximum Gasteiger partial charge on any atom is 0.226 e. The highest BCUT2D eigenvalue weighted by atomic mass is 16.2. The third-order valence-electron chi connectivity index (χ3n) is 4.15. The van der Waals surface area contributed by atoms with Crippen LogP contribution in [0.5, 0.6) is 0 Å². The Morgan fingerprint density at radius 2 is 2.30 bits per heavy atom. The van der Waals surface area contributed by atoms with Crippen LogP contribution < -0.4 is 0 Å². The van der Waals surface area contributed by atoms with Gasteiger partial charge < -0.3 is 9.80 Å². The first-order chi connectivity index (χ1) is 11.1. The summed E-state index contributed by atoms with van der Waals surface area (Å²) in [4.78, 5) is 16.7. The van der Waals surface area contributed by atoms with Gasteiger partial charge in [-0.3, -0.25) is 4.79 Å². The highest BCUT2D eigenvalue weighted by molar-refractivity contribution is 5.79. The van der Waals surface area contributed by atoms with Crippen LogP contribution >= 0.6 is 0 Å². The number of aromatic nitrogens is 4. The zero-order valence-electron chi connectivity index (χ0n) is 13.6. The van der Waals surface area contributed by atoms with E-state index >= 15 is 0 Å². The molecule has 3 rings (SSSR count). The van der Waals surface area contributed by atoms with Gasteiger partial charge in [-0.05, 0) is 43.3 Å². The molecule has 1 saturated heterocycles. The van der Waals surface area contributed by atoms with E-state index in [4.69, 9.17) is 0 Å². The maximum absolute atomic E-state index is 12.5. The summed E-state index contributed by atoms with van der Waals surface area (Å²) in [6.45, 7) is 2.76. The molecule has 1 amide bonds. The number of tetrazole rings is 1. The van der Waals surface area contributed by atoms with Crippen molar-refractivity contribution in [3.63, 3.8) is 0 Å². The van der Waals surface area contributed by atoms with Crippen molar-refractivity contribution in [1.82, 2.24) is 30.4 Å². The number of likely N-dealkylation sites (tertiary alicyclic amines) is 1. The third kappa shape index (κ3) is 3.92. The average Bonchev–Trinajstić information content (AvgIpc) is 3.18. The van der Waals surface area contributed by atoms with E-state index in [1.54, 1.807) is 0 Å². The van der Waals surface area contributed by atoms with E-state index in [2.05, 4.69) is 39.6 Å². The lowest BCUT2D eigenvalue weighted by atomic mass is 10.1. The molecule has 2 heterocycles. The highest BCUT2D eigenvalue weighted by Gasteiger charge is 2.26. The van der Waals surface area contributed by atoms with Crippen molar-refractivity contribution >= 4 is 5.91 Å². The van der Waals surface area contributed by atoms with E-state index in [1.165, 1.54) is 0 Å². The zero-order chi connectivity index (χ0) is 16.2. The van der Waals surface area contributed by atoms with Gasteiger partial charge in [-0.2, -0.15) is 5.21 Å². The molecule has 7 heteroatoms. The van der Waals surface area contributed by atoms with Gasteiger partial charge in [0.25, 0.3) is 0 Å². The highest BCUT2D eigenvalue weighted by Crippen LogP contribution is 2.19. The first-order valence-electron chi connectivity index (χ1n) is 7.87. The molecule has 1 aromatic carbocycles. The van der Waals surface area contributed by atoms with Gasteiger partial charge in [0, 0.05) is 25.2 Å². The van der Waals surface area contributed by atoms with Crippen LogP contribution in [-0.4, -0.2) is 70.1 Å². The number of amides is 1. The monoisotopic (exact) mass is 314 g/mol. The number of nitrogens with one attached hydrogen (secondary N) is 1. The summed E-state index contributed by atoms with van der Waals surface area (Å²) in [5.74, 6) is 1.32. The minimum atomic E-state index is 0.191. The quantitative estimate of drug-likeness (QED) is 0.884. The number of carbonyl (C=O) groups excluding carboxylic acids is 1. The molecular formula is C16H22N6O. The lowest BCUT2D eigenvalue weighted by Gasteiger charge is -2.18. The number of rotatable bonds is 5. The number of H-pyrrole nitrogens is 1. The summed E-state index contributed by atoms with van der Waals surface area (Å²) >= 11 is 0. The van der Waals surface area contributed by atoms with Gasteiger partial charge in [-0.25, -0.2) is 0 Å². The van der Waals surface area contributed by atoms with Crippen LogP contribution in [0.15, 0.2) is 24.3 Å². The van der Waals surface area contributed by atoms with E-state index in [9.17, 15) is 4.79 Å². The fourth-order valence-electron chi connectivity index (χ4n) is 3.12. The fourth-order valence-corrected chi connectivity index (χ4v) is 3.12. The van der Waals surface area contributed by atoms with Crippen molar-refractivity contribution in [2.24, 2.45) is 5.92 Å². The molecule has 0 radical (unpaired) electrons. The minimum Gasteiger partial charge on any atom is -0.342 e. The molecule has 1 atom stereocenters. The fraction of sp³-hybridized carbons (Fsp3) is 0.500. The van der Waals surface area contributed by atoms with Gasteiger partial charge in [0.1, 0.15) is 0 Å². The minimum absolute atomic E-state index is 0.191. The van der Waals surface area contributed by atoms with Gasteiger partial charge in [-0.1, -0.05) is 18.2 Å². The van der Waals surface area contributed by atoms with Crippen LogP contribution in [0.1, 0.15) is 12.0 Å². The van der Waals surface area contributed by atoms with Crippen LogP contribution in [0.2, 0.25) is 0 Å². The summed E-state index contributed by atoms with van der Waals surface area (Å²) in [5.41, 5.74) is 1.85. The maximum atomic E-state index is 12.5. The Morgan fingerprint density at radius 1 is 1.43 bits per heavy atom. The molecule has 23 heavy (non-hydrogen) atoms. The van der Waals surface area contributed by atoms with E-state index in [0.29, 0.717) is 18.2 Å². The third-order valence-corrected chi connectivity index (χ3v) is 4.15. The Balaban J connectivity index is 1.61. The van der Waals surface area contributed by atoms with Gasteiger partial charge in [0.15, 0.2) is 0 Å². The second-order valence-electron chi connectivity index (χ2n) is 6.37. The molecule has 1 aliphatic heterocycles. The van der Waals surface area contributed by atoms with Crippen molar-refractivity contribution in [3.05, 3.63) is 29.8 Å². The average molecular weight is 314 g/mol. The topological polar surface area (TPSA) is 78.0 Å². The van der Waals surface area contributed by atoms with Crippen molar-refractivity contribution in [3.8, 4) is 11.4 Å². The standard InChI is InChI=1S/C16H22N6O/c1-21(2)10-13-6-7-22(11-13)15(23)9-12-4-3-5-14(8-12)16-17-19-20-18-16/h3-5,8,13H,6-7,9-11H2,1-2H3,(H,17,18,19,20). The predicted octanol–water partition coefficient (Wildman–Crippen LogP) is 0.819. The number of hydrogen-bond acceptors (Lipinski definition) is 5. The molecule has 7 nitrogen and oxygen atoms in total. The van der Waals surface area contributed by atoms with Crippen LogP contribution in [0.4, 0.5) is 0 Å². The lowest BCUT2D eigenvalue weighted by Crippen LogP contribution is -2.31. The summed E-state index contributed by atoms with van der Waals surface area (Å²) in [6.07, 6.45) is 1.51. The molecule has 0 saturated carbocycles. The van der Waals surface area contributed by atoms with Crippen LogP contribution in [0.3, 0.4) is 0 Å². The lowest BCUT2D eigenvalue weighted by molar-refractivity contribution is -0.129. The second-order valence-corrected chi connectivity index (χ2v) is 6.37. The van der Waals surface area contributed by atoms with Crippen LogP contribution in [0.25, 0.3) is 11.4 Å². The first kappa shape index (κ1) is 15.6. The number of aromatic amines is 1. The predicted molar refractivity (Wildman–Crippen MR) is 86.6 cm³/mol.